The Hall–Kier alpha value is -3.55. The summed E-state index contributed by atoms with van der Waals surface area (Å²) >= 11 is 0. The quantitative estimate of drug-likeness (QED) is 0.575. The summed E-state index contributed by atoms with van der Waals surface area (Å²) in [6.07, 6.45) is 1.88. The van der Waals surface area contributed by atoms with Crippen LogP contribution in [0.3, 0.4) is 0 Å². The molecule has 1 aromatic carbocycles. The Morgan fingerprint density at radius 1 is 1.06 bits per heavy atom. The lowest BCUT2D eigenvalue weighted by Crippen LogP contribution is -2.38. The molecule has 32 heavy (non-hydrogen) atoms. The van der Waals surface area contributed by atoms with Crippen LogP contribution in [0.4, 0.5) is 5.69 Å². The summed E-state index contributed by atoms with van der Waals surface area (Å²) in [6, 6.07) is 9.75. The van der Waals surface area contributed by atoms with Crippen molar-refractivity contribution in [3.05, 3.63) is 64.2 Å². The maximum absolute atomic E-state index is 12.7. The molecule has 166 valence electrons. The fourth-order valence-electron chi connectivity index (χ4n) is 4.14. The highest BCUT2D eigenvalue weighted by atomic mass is 16.5. The molecule has 0 N–H and O–H groups in total. The molecule has 4 rings (SSSR count). The van der Waals surface area contributed by atoms with E-state index < -0.39 is 5.97 Å². The molecule has 8 nitrogen and oxygen atoms in total. The molecule has 0 atom stereocenters. The fraction of sp³-hybridized carbons (Fsp3) is 0.375. The molecule has 2 aromatic heterocycles. The number of hydrogen-bond donors (Lipinski definition) is 0. The molecule has 0 saturated heterocycles. The van der Waals surface area contributed by atoms with Crippen molar-refractivity contribution in [3.63, 3.8) is 0 Å². The minimum absolute atomic E-state index is 0.0341. The van der Waals surface area contributed by atoms with Gasteiger partial charge in [0.05, 0.1) is 12.1 Å². The zero-order valence-corrected chi connectivity index (χ0v) is 18.9. The van der Waals surface area contributed by atoms with Crippen molar-refractivity contribution in [2.24, 2.45) is 0 Å². The van der Waals surface area contributed by atoms with E-state index in [-0.39, 0.29) is 18.9 Å². The number of para-hydroxylation sites is 1. The number of nitrogens with zero attached hydrogens (tertiary/aromatic N) is 5. The molecule has 1 amide bonds. The number of esters is 1. The summed E-state index contributed by atoms with van der Waals surface area (Å²) in [4.78, 5) is 35.9. The standard InChI is InChI=1S/C24H27N5O3/c1-15-12-16(2)26-24(25-15)29-18(4)20(17(3)27-29)13-23(31)32-14-22(30)28-11-7-9-19-8-5-6-10-21(19)28/h5-6,8,10,12H,7,9,11,13-14H2,1-4H3. The Morgan fingerprint density at radius 3 is 2.53 bits per heavy atom. The molecule has 0 aliphatic carbocycles. The highest BCUT2D eigenvalue weighted by Crippen LogP contribution is 2.26. The first-order valence-corrected chi connectivity index (χ1v) is 10.7. The van der Waals surface area contributed by atoms with Gasteiger partial charge in [-0.25, -0.2) is 14.6 Å². The van der Waals surface area contributed by atoms with Crippen LogP contribution in [0.2, 0.25) is 0 Å². The highest BCUT2D eigenvalue weighted by Gasteiger charge is 2.24. The van der Waals surface area contributed by atoms with E-state index in [1.807, 2.05) is 58.0 Å². The average molecular weight is 434 g/mol. The first-order chi connectivity index (χ1) is 15.3. The first kappa shape index (κ1) is 21.7. The number of aromatic nitrogens is 4. The number of carbonyl (C=O) groups is 2. The second-order valence-corrected chi connectivity index (χ2v) is 8.13. The van der Waals surface area contributed by atoms with E-state index >= 15 is 0 Å². The zero-order valence-electron chi connectivity index (χ0n) is 18.9. The largest absolute Gasteiger partial charge is 0.455 e. The van der Waals surface area contributed by atoms with Crippen molar-refractivity contribution in [2.45, 2.75) is 47.0 Å². The molecule has 0 fully saturated rings. The molecule has 0 spiro atoms. The highest BCUT2D eigenvalue weighted by molar-refractivity contribution is 5.96. The van der Waals surface area contributed by atoms with Crippen molar-refractivity contribution in [2.75, 3.05) is 18.1 Å². The molecule has 0 bridgehead atoms. The van der Waals surface area contributed by atoms with Gasteiger partial charge in [-0.3, -0.25) is 9.59 Å². The van der Waals surface area contributed by atoms with Gasteiger partial charge in [0.2, 0.25) is 0 Å². The third kappa shape index (κ3) is 4.39. The van der Waals surface area contributed by atoms with Gasteiger partial charge >= 0.3 is 5.97 Å². The number of anilines is 1. The molecule has 0 radical (unpaired) electrons. The molecular formula is C24H27N5O3. The van der Waals surface area contributed by atoms with E-state index in [4.69, 9.17) is 4.74 Å². The summed E-state index contributed by atoms with van der Waals surface area (Å²) in [5, 5.41) is 4.52. The van der Waals surface area contributed by atoms with Crippen molar-refractivity contribution < 1.29 is 14.3 Å². The average Bonchev–Trinajstić information content (AvgIpc) is 3.04. The second kappa shape index (κ2) is 8.90. The van der Waals surface area contributed by atoms with Gasteiger partial charge in [0.1, 0.15) is 0 Å². The number of fused-ring (bicyclic) bond motifs is 1. The molecule has 1 aliphatic heterocycles. The number of rotatable bonds is 5. The predicted octanol–water partition coefficient (Wildman–Crippen LogP) is 2.96. The Kier molecular flexibility index (Phi) is 6.03. The Bertz CT molecular complexity index is 1160. The van der Waals surface area contributed by atoms with Crippen molar-refractivity contribution in [1.82, 2.24) is 19.7 Å². The molecule has 1 aliphatic rings. The monoisotopic (exact) mass is 433 g/mol. The smallest absolute Gasteiger partial charge is 0.310 e. The lowest BCUT2D eigenvalue weighted by molar-refractivity contribution is -0.147. The van der Waals surface area contributed by atoms with Gasteiger partial charge < -0.3 is 9.64 Å². The zero-order chi connectivity index (χ0) is 22.8. The summed E-state index contributed by atoms with van der Waals surface area (Å²) in [5.74, 6) is -0.198. The lowest BCUT2D eigenvalue weighted by atomic mass is 10.0. The number of benzene rings is 1. The van der Waals surface area contributed by atoms with Crippen LogP contribution in [0.25, 0.3) is 5.95 Å². The van der Waals surface area contributed by atoms with Gasteiger partial charge in [-0.05, 0) is 58.2 Å². The van der Waals surface area contributed by atoms with Crippen LogP contribution < -0.4 is 4.90 Å². The van der Waals surface area contributed by atoms with Gasteiger partial charge in [0.15, 0.2) is 6.61 Å². The maximum Gasteiger partial charge on any atom is 0.310 e. The second-order valence-electron chi connectivity index (χ2n) is 8.13. The normalized spacial score (nSPS) is 13.1. The summed E-state index contributed by atoms with van der Waals surface area (Å²) < 4.78 is 6.99. The number of aryl methyl sites for hydroxylation is 4. The summed E-state index contributed by atoms with van der Waals surface area (Å²) in [7, 11) is 0. The third-order valence-corrected chi connectivity index (χ3v) is 5.69. The van der Waals surface area contributed by atoms with Crippen molar-refractivity contribution in [3.8, 4) is 5.95 Å². The van der Waals surface area contributed by atoms with E-state index in [0.29, 0.717) is 18.2 Å². The van der Waals surface area contributed by atoms with Gasteiger partial charge in [0, 0.05) is 34.9 Å². The third-order valence-electron chi connectivity index (χ3n) is 5.69. The maximum atomic E-state index is 12.7. The number of amides is 1. The van der Waals surface area contributed by atoms with Crippen LogP contribution in [0.5, 0.6) is 0 Å². The van der Waals surface area contributed by atoms with Crippen LogP contribution in [-0.2, 0) is 27.2 Å². The van der Waals surface area contributed by atoms with Gasteiger partial charge in [-0.1, -0.05) is 18.2 Å². The van der Waals surface area contributed by atoms with E-state index in [2.05, 4.69) is 15.1 Å². The number of carbonyl (C=O) groups excluding carboxylic acids is 2. The fourth-order valence-corrected chi connectivity index (χ4v) is 4.14. The van der Waals surface area contributed by atoms with Crippen molar-refractivity contribution >= 4 is 17.6 Å². The predicted molar refractivity (Wildman–Crippen MR) is 120 cm³/mol. The van der Waals surface area contributed by atoms with Gasteiger partial charge in [0.25, 0.3) is 11.9 Å². The number of hydrogen-bond acceptors (Lipinski definition) is 6. The lowest BCUT2D eigenvalue weighted by Gasteiger charge is -2.29. The molecule has 0 unspecified atom stereocenters. The molecule has 3 aromatic rings. The van der Waals surface area contributed by atoms with Crippen LogP contribution in [0, 0.1) is 27.7 Å². The molecular weight excluding hydrogens is 406 g/mol. The Morgan fingerprint density at radius 2 is 1.78 bits per heavy atom. The minimum atomic E-state index is -0.462. The van der Waals surface area contributed by atoms with E-state index in [1.165, 1.54) is 0 Å². The molecule has 8 heteroatoms. The van der Waals surface area contributed by atoms with Gasteiger partial charge in [-0.15, -0.1) is 0 Å². The topological polar surface area (TPSA) is 90.2 Å². The van der Waals surface area contributed by atoms with E-state index in [0.717, 1.165) is 46.7 Å². The van der Waals surface area contributed by atoms with Crippen LogP contribution in [0.15, 0.2) is 30.3 Å². The van der Waals surface area contributed by atoms with E-state index in [1.54, 1.807) is 9.58 Å². The SMILES string of the molecule is Cc1cc(C)nc(-n2nc(C)c(CC(=O)OCC(=O)N3CCCc4ccccc43)c2C)n1. The van der Waals surface area contributed by atoms with Crippen molar-refractivity contribution in [1.29, 1.82) is 0 Å². The minimum Gasteiger partial charge on any atom is -0.455 e. The van der Waals surface area contributed by atoms with Crippen LogP contribution in [0.1, 0.15) is 40.3 Å². The number of ether oxygens (including phenoxy) is 1. The van der Waals surface area contributed by atoms with Crippen LogP contribution >= 0.6 is 0 Å². The Balaban J connectivity index is 1.43. The first-order valence-electron chi connectivity index (χ1n) is 10.7. The van der Waals surface area contributed by atoms with E-state index in [9.17, 15) is 9.59 Å². The Labute approximate surface area is 187 Å². The molecule has 0 saturated carbocycles. The summed E-state index contributed by atoms with van der Waals surface area (Å²) in [6.45, 7) is 7.87. The van der Waals surface area contributed by atoms with Gasteiger partial charge in [-0.2, -0.15) is 5.10 Å². The molecule has 3 heterocycles. The summed E-state index contributed by atoms with van der Waals surface area (Å²) in [5.41, 5.74) is 5.98. The van der Waals surface area contributed by atoms with Crippen LogP contribution in [-0.4, -0.2) is 44.8 Å².